The first kappa shape index (κ1) is 45.3. The van der Waals surface area contributed by atoms with Crippen LogP contribution in [-0.4, -0.2) is 55.9 Å². The molecular formula is C46H47N3NaO7S2+. The second-order valence-corrected chi connectivity index (χ2v) is 16.6. The fraction of sp³-hybridized carbons (Fsp3) is 0.196. The predicted molar refractivity (Wildman–Crippen MR) is 230 cm³/mol. The number of nitrogens with one attached hydrogen (secondary N) is 1. The summed E-state index contributed by atoms with van der Waals surface area (Å²) in [5, 5.41) is 3.47. The number of benzene rings is 5. The Balaban J connectivity index is 0.00000661. The molecule has 0 spiro atoms. The van der Waals surface area contributed by atoms with Gasteiger partial charge in [-0.15, -0.1) is 0 Å². The number of anilines is 3. The van der Waals surface area contributed by atoms with Gasteiger partial charge in [0.25, 0.3) is 10.1 Å². The van der Waals surface area contributed by atoms with E-state index in [2.05, 4.69) is 88.5 Å². The molecule has 6 rings (SSSR count). The van der Waals surface area contributed by atoms with Crippen molar-refractivity contribution in [3.05, 3.63) is 173 Å². The maximum Gasteiger partial charge on any atom is 1.00 e. The molecule has 0 heterocycles. The Morgan fingerprint density at radius 2 is 1.37 bits per heavy atom. The molecule has 0 bridgehead atoms. The average Bonchev–Trinajstić information content (AvgIpc) is 3.21. The van der Waals surface area contributed by atoms with E-state index < -0.39 is 20.2 Å². The van der Waals surface area contributed by atoms with Crippen LogP contribution in [0.25, 0.3) is 5.57 Å². The van der Waals surface area contributed by atoms with Crippen LogP contribution < -0.4 is 44.5 Å². The Kier molecular flexibility index (Phi) is 15.3. The summed E-state index contributed by atoms with van der Waals surface area (Å²) in [6, 6.07) is 35.0. The Morgan fingerprint density at radius 1 is 0.763 bits per heavy atom. The molecule has 13 heteroatoms. The summed E-state index contributed by atoms with van der Waals surface area (Å²) in [6.07, 6.45) is 8.31. The van der Waals surface area contributed by atoms with Gasteiger partial charge in [0.1, 0.15) is 22.4 Å². The van der Waals surface area contributed by atoms with Gasteiger partial charge in [-0.05, 0) is 146 Å². The van der Waals surface area contributed by atoms with E-state index in [1.54, 1.807) is 12.1 Å². The standard InChI is InChI=1S/C46H47N3O7S2.Na/c1-5-48(31-34-10-8-12-43(29-34)57(50,51)52)40-22-16-37(17-23-40)46(36-14-18-38(19-15-36)47-39-20-25-42(26-21-39)56-7-3)45-27-24-41(28-33(45)4)49(6-2)32-35-11-9-13-44(30-35)58(53,54)55;/h8-30H,5-7,31-32H2,1-4H3,(H2,50,51,52,53,54,55);/q;+1. The molecule has 0 unspecified atom stereocenters. The van der Waals surface area contributed by atoms with Crippen LogP contribution in [0.5, 0.6) is 5.75 Å². The Bertz CT molecular complexity index is 2620. The minimum absolute atomic E-state index is 0. The first-order valence-corrected chi connectivity index (χ1v) is 21.9. The first-order chi connectivity index (χ1) is 27.7. The molecule has 5 aromatic carbocycles. The van der Waals surface area contributed by atoms with Crippen molar-refractivity contribution in [1.29, 1.82) is 0 Å². The molecule has 0 saturated carbocycles. The Morgan fingerprint density at radius 3 is 1.95 bits per heavy atom. The van der Waals surface area contributed by atoms with Crippen LogP contribution in [0.4, 0.5) is 17.1 Å². The van der Waals surface area contributed by atoms with Crippen molar-refractivity contribution < 1.29 is 64.8 Å². The Hall–Kier alpha value is -4.79. The minimum Gasteiger partial charge on any atom is -0.744 e. The molecule has 0 aliphatic heterocycles. The number of rotatable bonds is 15. The van der Waals surface area contributed by atoms with E-state index in [4.69, 9.17) is 4.74 Å². The molecule has 2 N–H and O–H groups in total. The summed E-state index contributed by atoms with van der Waals surface area (Å²) < 4.78 is 76.0. The molecule has 1 aliphatic carbocycles. The topological polar surface area (TPSA) is 139 Å². The van der Waals surface area contributed by atoms with E-state index in [1.807, 2.05) is 57.2 Å². The largest absolute Gasteiger partial charge is 1.00 e. The van der Waals surface area contributed by atoms with Crippen LogP contribution in [0.3, 0.4) is 0 Å². The summed E-state index contributed by atoms with van der Waals surface area (Å²) >= 11 is 0. The summed E-state index contributed by atoms with van der Waals surface area (Å²) in [4.78, 5) is 1.75. The fourth-order valence-electron chi connectivity index (χ4n) is 6.95. The molecular weight excluding hydrogens is 794 g/mol. The molecule has 1 aliphatic rings. The first-order valence-electron chi connectivity index (χ1n) is 19.1. The van der Waals surface area contributed by atoms with Crippen molar-refractivity contribution in [2.45, 2.75) is 50.6 Å². The van der Waals surface area contributed by atoms with Gasteiger partial charge in [0.15, 0.2) is 12.3 Å². The third kappa shape index (κ3) is 11.7. The van der Waals surface area contributed by atoms with Crippen LogP contribution in [0.15, 0.2) is 155 Å². The molecule has 0 amide bonds. The van der Waals surface area contributed by atoms with Crippen LogP contribution in [-0.2, 0) is 33.3 Å². The van der Waals surface area contributed by atoms with Gasteiger partial charge in [-0.3, -0.25) is 4.55 Å². The van der Waals surface area contributed by atoms with Crippen LogP contribution in [0, 0.1) is 6.92 Å². The van der Waals surface area contributed by atoms with Gasteiger partial charge in [-0.1, -0.05) is 42.5 Å². The molecule has 5 aromatic rings. The maximum atomic E-state index is 11.8. The van der Waals surface area contributed by atoms with E-state index in [0.717, 1.165) is 67.5 Å². The zero-order chi connectivity index (χ0) is 41.5. The zero-order valence-electron chi connectivity index (χ0n) is 33.9. The van der Waals surface area contributed by atoms with Gasteiger partial charge in [-0.25, -0.2) is 13.0 Å². The third-order valence-electron chi connectivity index (χ3n) is 9.89. The molecule has 10 nitrogen and oxygen atoms in total. The van der Waals surface area contributed by atoms with Crippen molar-refractivity contribution in [3.63, 3.8) is 0 Å². The van der Waals surface area contributed by atoms with Crippen LogP contribution >= 0.6 is 0 Å². The average molecular weight is 841 g/mol. The summed E-state index contributed by atoms with van der Waals surface area (Å²) in [5.41, 5.74) is 10.4. The van der Waals surface area contributed by atoms with Gasteiger partial charge >= 0.3 is 29.6 Å². The molecule has 0 radical (unpaired) electrons. The van der Waals surface area contributed by atoms with Gasteiger partial charge in [-0.2, -0.15) is 8.42 Å². The second kappa shape index (κ2) is 20.0. The smallest absolute Gasteiger partial charge is 0.744 e. The van der Waals surface area contributed by atoms with Crippen molar-refractivity contribution in [2.24, 2.45) is 0 Å². The molecule has 0 aromatic heterocycles. The normalized spacial score (nSPS) is 12.5. The second-order valence-electron chi connectivity index (χ2n) is 13.8. The fourth-order valence-corrected chi connectivity index (χ4v) is 8.04. The van der Waals surface area contributed by atoms with E-state index in [9.17, 15) is 25.9 Å². The van der Waals surface area contributed by atoms with Crippen molar-refractivity contribution in [1.82, 2.24) is 0 Å². The minimum atomic E-state index is -4.57. The SMILES string of the molecule is CCOc1ccc(Nc2ccc(C(=C3C=CC(=[N+](CC)Cc4cccc(S(=O)(=O)O)c4)C=C3)c3ccc(N(CC)Cc4cccc(S(=O)(=O)[O-])c4)cc3C)cc2)cc1.[Na+]. The number of nitrogens with zero attached hydrogens (tertiary/aromatic N) is 2. The van der Waals surface area contributed by atoms with Gasteiger partial charge in [0.05, 0.1) is 16.4 Å². The molecule has 300 valence electrons. The summed E-state index contributed by atoms with van der Waals surface area (Å²) in [7, 11) is -8.89. The van der Waals surface area contributed by atoms with Crippen LogP contribution in [0.1, 0.15) is 48.6 Å². The molecule has 0 atom stereocenters. The summed E-state index contributed by atoms with van der Waals surface area (Å²) in [5.74, 6) is 0.814. The predicted octanol–water partition coefficient (Wildman–Crippen LogP) is 5.92. The van der Waals surface area contributed by atoms with E-state index in [-0.39, 0.29) is 39.3 Å². The van der Waals surface area contributed by atoms with Gasteiger partial charge < -0.3 is 19.5 Å². The number of aryl methyl sites for hydroxylation is 1. The summed E-state index contributed by atoms with van der Waals surface area (Å²) in [6.45, 7) is 10.9. The van der Waals surface area contributed by atoms with E-state index in [1.165, 1.54) is 24.3 Å². The molecule has 0 saturated heterocycles. The number of ether oxygens (including phenoxy) is 1. The quantitative estimate of drug-likeness (QED) is 0.0748. The maximum absolute atomic E-state index is 11.8. The zero-order valence-corrected chi connectivity index (χ0v) is 37.6. The van der Waals surface area contributed by atoms with Gasteiger partial charge in [0, 0.05) is 47.9 Å². The number of allylic oxidation sites excluding steroid dienone is 5. The molecule has 0 fully saturated rings. The van der Waals surface area contributed by atoms with Crippen molar-refractivity contribution in [3.8, 4) is 5.75 Å². The Labute approximate surface area is 370 Å². The van der Waals surface area contributed by atoms with Crippen LogP contribution in [0.2, 0.25) is 0 Å². The number of hydrogen-bond donors (Lipinski definition) is 2. The van der Waals surface area contributed by atoms with Gasteiger partial charge in [0.2, 0.25) is 0 Å². The van der Waals surface area contributed by atoms with Crippen molar-refractivity contribution >= 4 is 48.6 Å². The third-order valence-corrected chi connectivity index (χ3v) is 11.6. The van der Waals surface area contributed by atoms with Crippen molar-refractivity contribution in [2.75, 3.05) is 29.9 Å². The molecule has 59 heavy (non-hydrogen) atoms. The van der Waals surface area contributed by atoms with E-state index >= 15 is 0 Å². The number of hydrogen-bond acceptors (Lipinski definition) is 8. The monoisotopic (exact) mass is 840 g/mol. The van der Waals surface area contributed by atoms with E-state index in [0.29, 0.717) is 32.8 Å².